The van der Waals surface area contributed by atoms with E-state index in [1.807, 2.05) is 19.9 Å². The van der Waals surface area contributed by atoms with Gasteiger partial charge in [0.05, 0.1) is 34.4 Å². The average Bonchev–Trinajstić information content (AvgIpc) is 3.13. The lowest BCUT2D eigenvalue weighted by atomic mass is 9.92. The Morgan fingerprint density at radius 1 is 1.00 bits per heavy atom. The number of anilines is 1. The van der Waals surface area contributed by atoms with Gasteiger partial charge >= 0.3 is 11.9 Å². The van der Waals surface area contributed by atoms with E-state index in [2.05, 4.69) is 0 Å². The monoisotopic (exact) mass is 658 g/mol. The molecule has 12 heteroatoms. The maximum absolute atomic E-state index is 14.5. The summed E-state index contributed by atoms with van der Waals surface area (Å²) in [4.78, 5) is 54.9. The lowest BCUT2D eigenvalue weighted by Gasteiger charge is -2.34. The molecule has 2 aliphatic heterocycles. The first-order valence-corrected chi connectivity index (χ1v) is 15.7. The Bertz CT molecular complexity index is 1440. The number of nitrogens with zero attached hydrogens (tertiary/aromatic N) is 2. The highest BCUT2D eigenvalue weighted by Gasteiger charge is 2.41. The molecule has 4 rings (SSSR count). The van der Waals surface area contributed by atoms with Crippen molar-refractivity contribution in [1.29, 1.82) is 0 Å². The smallest absolute Gasteiger partial charge is 0.305 e. The van der Waals surface area contributed by atoms with Crippen LogP contribution in [0, 0.1) is 11.3 Å². The second-order valence-corrected chi connectivity index (χ2v) is 12.9. The van der Waals surface area contributed by atoms with Gasteiger partial charge < -0.3 is 33.5 Å². The Balaban J connectivity index is 1.73. The number of likely N-dealkylation sites (tertiary alicyclic amines) is 1. The number of rotatable bonds is 11. The van der Waals surface area contributed by atoms with Gasteiger partial charge in [0.25, 0.3) is 5.91 Å². The first-order chi connectivity index (χ1) is 21.9. The molecule has 0 spiro atoms. The molecule has 11 nitrogen and oxygen atoms in total. The molecule has 250 valence electrons. The van der Waals surface area contributed by atoms with Gasteiger partial charge in [-0.3, -0.25) is 19.2 Å². The summed E-state index contributed by atoms with van der Waals surface area (Å²) in [5, 5.41) is 0.435. The molecule has 0 N–H and O–H groups in total. The summed E-state index contributed by atoms with van der Waals surface area (Å²) in [6.45, 7) is 6.30. The zero-order chi connectivity index (χ0) is 33.6. The number of piperidine rings is 1. The molecule has 0 aromatic heterocycles. The third kappa shape index (κ3) is 8.30. The maximum atomic E-state index is 14.5. The van der Waals surface area contributed by atoms with Crippen molar-refractivity contribution < 1.29 is 42.9 Å². The highest BCUT2D eigenvalue weighted by atomic mass is 35.5. The molecule has 2 aromatic carbocycles. The molecule has 1 saturated heterocycles. The average molecular weight is 659 g/mol. The number of fused-ring (bicyclic) bond motifs is 1. The minimum absolute atomic E-state index is 0.0765. The lowest BCUT2D eigenvalue weighted by Crippen LogP contribution is -2.48. The summed E-state index contributed by atoms with van der Waals surface area (Å²) >= 11 is 6.53. The highest BCUT2D eigenvalue weighted by molar-refractivity contribution is 6.30. The van der Waals surface area contributed by atoms with Gasteiger partial charge in [0, 0.05) is 60.2 Å². The lowest BCUT2D eigenvalue weighted by molar-refractivity contribution is -0.146. The fourth-order valence-electron chi connectivity index (χ4n) is 5.99. The Hall–Kier alpha value is -3.83. The van der Waals surface area contributed by atoms with Gasteiger partial charge in [-0.2, -0.15) is 0 Å². The fourth-order valence-corrected chi connectivity index (χ4v) is 6.17. The highest BCUT2D eigenvalue weighted by Crippen LogP contribution is 2.45. The van der Waals surface area contributed by atoms with E-state index in [-0.39, 0.29) is 37.4 Å². The van der Waals surface area contributed by atoms with Gasteiger partial charge in [0.15, 0.2) is 11.5 Å². The van der Waals surface area contributed by atoms with Gasteiger partial charge in [0.2, 0.25) is 5.91 Å². The van der Waals surface area contributed by atoms with Gasteiger partial charge in [-0.1, -0.05) is 37.6 Å². The molecule has 0 radical (unpaired) electrons. The standard InChI is InChI=1S/C34H43ClN2O9/c1-21(38)45-20-34(2,3)19-37-26-11-10-23(35)17-25(26)31(24-8-7-9-27(42-4)32(24)44-6)46-28(33(37)41)18-29(39)36-14-12-22(13-15-36)16-30(40)43-5/h7-11,17,22,28,31H,12-16,18-20H2,1-6H3/t28-,31-/m1/s1. The quantitative estimate of drug-likeness (QED) is 0.309. The van der Waals surface area contributed by atoms with E-state index in [0.717, 1.165) is 0 Å². The Morgan fingerprint density at radius 3 is 2.35 bits per heavy atom. The van der Waals surface area contributed by atoms with E-state index in [9.17, 15) is 19.2 Å². The third-order valence-corrected chi connectivity index (χ3v) is 8.62. The first kappa shape index (κ1) is 35.0. The first-order valence-electron chi connectivity index (χ1n) is 15.3. The van der Waals surface area contributed by atoms with Crippen molar-refractivity contribution in [2.45, 2.75) is 58.7 Å². The number of methoxy groups -OCH3 is 3. The largest absolute Gasteiger partial charge is 0.493 e. The van der Waals surface area contributed by atoms with Crippen LogP contribution in [0.15, 0.2) is 36.4 Å². The summed E-state index contributed by atoms with van der Waals surface area (Å²) in [6.07, 6.45) is -0.600. The summed E-state index contributed by atoms with van der Waals surface area (Å²) in [5.41, 5.74) is 1.11. The molecule has 2 amide bonds. The Kier molecular flexibility index (Phi) is 11.6. The van der Waals surface area contributed by atoms with Gasteiger partial charge in [0.1, 0.15) is 12.2 Å². The summed E-state index contributed by atoms with van der Waals surface area (Å²) in [6, 6.07) is 10.6. The molecule has 0 bridgehead atoms. The van der Waals surface area contributed by atoms with Crippen LogP contribution in [0.1, 0.15) is 63.7 Å². The van der Waals surface area contributed by atoms with Crippen LogP contribution in [0.2, 0.25) is 5.02 Å². The molecule has 2 heterocycles. The Morgan fingerprint density at radius 2 is 1.72 bits per heavy atom. The van der Waals surface area contributed by atoms with Crippen molar-refractivity contribution in [2.24, 2.45) is 11.3 Å². The van der Waals surface area contributed by atoms with Crippen molar-refractivity contribution in [3.8, 4) is 11.5 Å². The normalized spacial score (nSPS) is 18.8. The third-order valence-electron chi connectivity index (χ3n) is 8.38. The molecule has 0 saturated carbocycles. The molecule has 1 fully saturated rings. The molecule has 2 atom stereocenters. The molecule has 2 aliphatic rings. The van der Waals surface area contributed by atoms with Crippen LogP contribution in [0.4, 0.5) is 5.69 Å². The van der Waals surface area contributed by atoms with Gasteiger partial charge in [-0.05, 0) is 43.0 Å². The van der Waals surface area contributed by atoms with Crippen molar-refractivity contribution in [1.82, 2.24) is 4.90 Å². The molecular weight excluding hydrogens is 616 g/mol. The second-order valence-electron chi connectivity index (χ2n) is 12.5. The van der Waals surface area contributed by atoms with Crippen molar-refractivity contribution in [3.63, 3.8) is 0 Å². The molecule has 2 aromatic rings. The topological polar surface area (TPSA) is 121 Å². The number of carbonyl (C=O) groups excluding carboxylic acids is 4. The maximum Gasteiger partial charge on any atom is 0.305 e. The number of amides is 2. The summed E-state index contributed by atoms with van der Waals surface area (Å²) < 4.78 is 28.1. The fraction of sp³-hybridized carbons (Fsp3) is 0.529. The van der Waals surface area contributed by atoms with Crippen LogP contribution < -0.4 is 14.4 Å². The van der Waals surface area contributed by atoms with E-state index >= 15 is 0 Å². The van der Waals surface area contributed by atoms with Crippen LogP contribution in [-0.2, 0) is 33.4 Å². The molecule has 46 heavy (non-hydrogen) atoms. The number of hydrogen-bond donors (Lipinski definition) is 0. The number of benzene rings is 2. The van der Waals surface area contributed by atoms with E-state index in [4.69, 9.17) is 35.3 Å². The van der Waals surface area contributed by atoms with Crippen molar-refractivity contribution >= 4 is 41.0 Å². The van der Waals surface area contributed by atoms with Crippen LogP contribution >= 0.6 is 11.6 Å². The number of hydrogen-bond acceptors (Lipinski definition) is 9. The SMILES string of the molecule is COC(=O)CC1CCN(C(=O)C[C@H]2O[C@H](c3cccc(OC)c3OC)c3cc(Cl)ccc3N(CC(C)(C)COC(C)=O)C2=O)CC1. The van der Waals surface area contributed by atoms with Crippen LogP contribution in [-0.4, -0.2) is 82.3 Å². The van der Waals surface area contributed by atoms with E-state index in [1.54, 1.807) is 40.1 Å². The number of esters is 2. The van der Waals surface area contributed by atoms with E-state index < -0.39 is 29.5 Å². The predicted octanol–water partition coefficient (Wildman–Crippen LogP) is 4.96. The Labute approximate surface area is 275 Å². The predicted molar refractivity (Wildman–Crippen MR) is 171 cm³/mol. The molecular formula is C34H43ClN2O9. The summed E-state index contributed by atoms with van der Waals surface area (Å²) in [5.74, 6) is -0.287. The number of halogens is 1. The zero-order valence-electron chi connectivity index (χ0n) is 27.3. The van der Waals surface area contributed by atoms with E-state index in [0.29, 0.717) is 65.7 Å². The molecule has 0 aliphatic carbocycles. The van der Waals surface area contributed by atoms with Gasteiger partial charge in [-0.25, -0.2) is 0 Å². The van der Waals surface area contributed by atoms with Crippen LogP contribution in [0.5, 0.6) is 11.5 Å². The summed E-state index contributed by atoms with van der Waals surface area (Å²) in [7, 11) is 4.43. The van der Waals surface area contributed by atoms with Crippen molar-refractivity contribution in [3.05, 3.63) is 52.5 Å². The number of para-hydroxylation sites is 1. The minimum atomic E-state index is -1.17. The second kappa shape index (κ2) is 15.2. The zero-order valence-corrected chi connectivity index (χ0v) is 28.1. The molecule has 0 unspecified atom stereocenters. The van der Waals surface area contributed by atoms with E-state index in [1.165, 1.54) is 28.3 Å². The van der Waals surface area contributed by atoms with Gasteiger partial charge in [-0.15, -0.1) is 0 Å². The van der Waals surface area contributed by atoms with Crippen LogP contribution in [0.25, 0.3) is 0 Å². The number of ether oxygens (including phenoxy) is 5. The van der Waals surface area contributed by atoms with Crippen LogP contribution in [0.3, 0.4) is 0 Å². The number of carbonyl (C=O) groups is 4. The minimum Gasteiger partial charge on any atom is -0.493 e. The van der Waals surface area contributed by atoms with Crippen molar-refractivity contribution in [2.75, 3.05) is 52.5 Å².